The van der Waals surface area contributed by atoms with Crippen molar-refractivity contribution in [2.75, 3.05) is 29.7 Å². The Morgan fingerprint density at radius 1 is 1.04 bits per heavy atom. The van der Waals surface area contributed by atoms with Crippen molar-refractivity contribution in [3.05, 3.63) is 58.1 Å². The molecule has 23 heavy (non-hydrogen) atoms. The van der Waals surface area contributed by atoms with Crippen LogP contribution in [0.4, 0.5) is 11.4 Å². The van der Waals surface area contributed by atoms with E-state index in [4.69, 9.17) is 23.2 Å². The van der Waals surface area contributed by atoms with E-state index in [1.165, 1.54) is 5.56 Å². The molecular formula is C18H19BrCl2N2. The van der Waals surface area contributed by atoms with Gasteiger partial charge in [-0.15, -0.1) is 23.2 Å². The van der Waals surface area contributed by atoms with Gasteiger partial charge in [-0.05, 0) is 54.4 Å². The van der Waals surface area contributed by atoms with Crippen LogP contribution in [0.1, 0.15) is 11.1 Å². The van der Waals surface area contributed by atoms with Gasteiger partial charge >= 0.3 is 0 Å². The van der Waals surface area contributed by atoms with E-state index >= 15 is 0 Å². The van der Waals surface area contributed by atoms with Gasteiger partial charge in [-0.3, -0.25) is 4.99 Å². The second-order valence-corrected chi connectivity index (χ2v) is 6.81. The van der Waals surface area contributed by atoms with Crippen molar-refractivity contribution >= 4 is 56.7 Å². The number of nitrogens with zero attached hydrogens (tertiary/aromatic N) is 2. The normalized spacial score (nSPS) is 11.1. The van der Waals surface area contributed by atoms with Crippen LogP contribution >= 0.6 is 39.1 Å². The Bertz CT molecular complexity index is 651. The smallest absolute Gasteiger partial charge is 0.0630 e. The average molecular weight is 414 g/mol. The maximum Gasteiger partial charge on any atom is 0.0630 e. The molecule has 2 aromatic rings. The Kier molecular flexibility index (Phi) is 7.41. The number of hydrogen-bond acceptors (Lipinski definition) is 2. The average Bonchev–Trinajstić information content (AvgIpc) is 2.55. The zero-order valence-electron chi connectivity index (χ0n) is 13.0. The number of benzene rings is 2. The van der Waals surface area contributed by atoms with Crippen molar-refractivity contribution in [3.63, 3.8) is 0 Å². The SMILES string of the molecule is Cc1cc(N(CCCl)CCCl)ccc1C=Nc1ccc(Br)cc1. The van der Waals surface area contributed by atoms with Gasteiger partial charge in [0, 0.05) is 41.2 Å². The van der Waals surface area contributed by atoms with Crippen LogP contribution in [0.25, 0.3) is 0 Å². The third kappa shape index (κ3) is 5.52. The molecule has 2 rings (SSSR count). The molecule has 0 bridgehead atoms. The lowest BCUT2D eigenvalue weighted by Gasteiger charge is -2.23. The maximum atomic E-state index is 5.87. The summed E-state index contributed by atoms with van der Waals surface area (Å²) in [6.07, 6.45) is 1.90. The van der Waals surface area contributed by atoms with Gasteiger partial charge in [0.1, 0.15) is 0 Å². The van der Waals surface area contributed by atoms with Crippen LogP contribution in [-0.2, 0) is 0 Å². The highest BCUT2D eigenvalue weighted by Gasteiger charge is 2.06. The minimum Gasteiger partial charge on any atom is -0.369 e. The first kappa shape index (κ1) is 18.3. The highest BCUT2D eigenvalue weighted by Crippen LogP contribution is 2.20. The zero-order valence-corrected chi connectivity index (χ0v) is 16.1. The molecule has 0 N–H and O–H groups in total. The first-order valence-corrected chi connectivity index (χ1v) is 9.27. The fourth-order valence-corrected chi connectivity index (χ4v) is 2.92. The summed E-state index contributed by atoms with van der Waals surface area (Å²) in [5.74, 6) is 1.17. The predicted octanol–water partition coefficient (Wildman–Crippen LogP) is 5.79. The highest BCUT2D eigenvalue weighted by molar-refractivity contribution is 9.10. The number of rotatable bonds is 7. The van der Waals surface area contributed by atoms with Crippen LogP contribution < -0.4 is 4.90 Å². The summed E-state index contributed by atoms with van der Waals surface area (Å²) in [7, 11) is 0. The summed E-state index contributed by atoms with van der Waals surface area (Å²) in [5, 5.41) is 0. The van der Waals surface area contributed by atoms with Gasteiger partial charge < -0.3 is 4.90 Å². The van der Waals surface area contributed by atoms with Crippen LogP contribution in [0, 0.1) is 6.92 Å². The summed E-state index contributed by atoms with van der Waals surface area (Å²) in [5.41, 5.74) is 4.36. The van der Waals surface area contributed by atoms with Gasteiger partial charge in [-0.2, -0.15) is 0 Å². The van der Waals surface area contributed by atoms with E-state index in [0.717, 1.165) is 34.5 Å². The molecule has 2 aromatic carbocycles. The van der Waals surface area contributed by atoms with E-state index in [0.29, 0.717) is 11.8 Å². The highest BCUT2D eigenvalue weighted by atomic mass is 79.9. The first-order chi connectivity index (χ1) is 11.1. The molecule has 0 atom stereocenters. The monoisotopic (exact) mass is 412 g/mol. The topological polar surface area (TPSA) is 15.6 Å². The third-order valence-electron chi connectivity index (χ3n) is 3.51. The molecule has 0 unspecified atom stereocenters. The van der Waals surface area contributed by atoms with Gasteiger partial charge in [-0.25, -0.2) is 0 Å². The molecule has 0 aromatic heterocycles. The van der Waals surface area contributed by atoms with Crippen LogP contribution in [-0.4, -0.2) is 31.1 Å². The summed E-state index contributed by atoms with van der Waals surface area (Å²) < 4.78 is 1.05. The standard InChI is InChI=1S/C18H19BrCl2N2/c1-14-12-18(23(10-8-20)11-9-21)7-2-15(14)13-22-17-5-3-16(19)4-6-17/h2-7,12-13H,8-11H2,1H3. The number of halogens is 3. The van der Waals surface area contributed by atoms with Gasteiger partial charge in [0.15, 0.2) is 0 Å². The number of hydrogen-bond donors (Lipinski definition) is 0. The summed E-state index contributed by atoms with van der Waals surface area (Å²) >= 11 is 15.2. The van der Waals surface area contributed by atoms with Crippen molar-refractivity contribution in [2.24, 2.45) is 4.99 Å². The van der Waals surface area contributed by atoms with E-state index in [2.05, 4.69) is 50.9 Å². The third-order valence-corrected chi connectivity index (χ3v) is 4.37. The van der Waals surface area contributed by atoms with Gasteiger partial charge in [0.2, 0.25) is 0 Å². The Morgan fingerprint density at radius 3 is 2.26 bits per heavy atom. The molecule has 0 heterocycles. The van der Waals surface area contributed by atoms with Gasteiger partial charge in [0.05, 0.1) is 5.69 Å². The second kappa shape index (κ2) is 9.31. The Hall–Kier alpha value is -1.03. The Morgan fingerprint density at radius 2 is 1.70 bits per heavy atom. The van der Waals surface area contributed by atoms with Crippen molar-refractivity contribution in [3.8, 4) is 0 Å². The van der Waals surface area contributed by atoms with E-state index in [9.17, 15) is 0 Å². The molecule has 0 aliphatic carbocycles. The van der Waals surface area contributed by atoms with Crippen LogP contribution in [0.5, 0.6) is 0 Å². The minimum atomic E-state index is 0.586. The van der Waals surface area contributed by atoms with Crippen molar-refractivity contribution in [1.82, 2.24) is 0 Å². The Labute approximate surface area is 156 Å². The maximum absolute atomic E-state index is 5.87. The van der Waals surface area contributed by atoms with Crippen molar-refractivity contribution in [2.45, 2.75) is 6.92 Å². The molecule has 2 nitrogen and oxygen atoms in total. The van der Waals surface area contributed by atoms with Crippen LogP contribution in [0.15, 0.2) is 51.9 Å². The van der Waals surface area contributed by atoms with E-state index < -0.39 is 0 Å². The van der Waals surface area contributed by atoms with E-state index in [1.807, 2.05) is 30.5 Å². The molecule has 0 aliphatic heterocycles. The fraction of sp³-hybridized carbons (Fsp3) is 0.278. The zero-order chi connectivity index (χ0) is 16.7. The summed E-state index contributed by atoms with van der Waals surface area (Å²) in [6.45, 7) is 3.67. The molecule has 0 amide bonds. The minimum absolute atomic E-state index is 0.586. The lowest BCUT2D eigenvalue weighted by atomic mass is 10.1. The lowest BCUT2D eigenvalue weighted by molar-refractivity contribution is 0.873. The van der Waals surface area contributed by atoms with Gasteiger partial charge in [-0.1, -0.05) is 22.0 Å². The van der Waals surface area contributed by atoms with Crippen molar-refractivity contribution < 1.29 is 0 Å². The summed E-state index contributed by atoms with van der Waals surface area (Å²) in [4.78, 5) is 6.72. The molecule has 5 heteroatoms. The predicted molar refractivity (Wildman–Crippen MR) is 106 cm³/mol. The molecular weight excluding hydrogens is 395 g/mol. The molecule has 0 spiro atoms. The number of aryl methyl sites for hydroxylation is 1. The largest absolute Gasteiger partial charge is 0.369 e. The van der Waals surface area contributed by atoms with Crippen LogP contribution in [0.3, 0.4) is 0 Å². The number of anilines is 1. The quantitative estimate of drug-likeness (QED) is 0.414. The molecule has 0 saturated carbocycles. The van der Waals surface area contributed by atoms with Crippen LogP contribution in [0.2, 0.25) is 0 Å². The van der Waals surface area contributed by atoms with E-state index in [-0.39, 0.29) is 0 Å². The second-order valence-electron chi connectivity index (χ2n) is 5.14. The molecule has 0 fully saturated rings. The first-order valence-electron chi connectivity index (χ1n) is 7.41. The molecule has 0 radical (unpaired) electrons. The molecule has 0 aliphatic rings. The lowest BCUT2D eigenvalue weighted by Crippen LogP contribution is -2.27. The molecule has 122 valence electrons. The molecule has 0 saturated heterocycles. The number of alkyl halides is 2. The van der Waals surface area contributed by atoms with Crippen molar-refractivity contribution in [1.29, 1.82) is 0 Å². The fourth-order valence-electron chi connectivity index (χ4n) is 2.25. The Balaban J connectivity index is 2.16. The number of aliphatic imine (C=N–C) groups is 1. The summed E-state index contributed by atoms with van der Waals surface area (Å²) in [6, 6.07) is 14.3. The van der Waals surface area contributed by atoms with Gasteiger partial charge in [0.25, 0.3) is 0 Å². The van der Waals surface area contributed by atoms with E-state index in [1.54, 1.807) is 0 Å².